The molecule has 26 heavy (non-hydrogen) atoms. The molecule has 3 rings (SSSR count). The van der Waals surface area contributed by atoms with Gasteiger partial charge in [0.25, 0.3) is 0 Å². The molecule has 2 heteroatoms. The summed E-state index contributed by atoms with van der Waals surface area (Å²) in [6, 6.07) is 12.6. The average molecular weight is 347 g/mol. The second-order valence-electron chi connectivity index (χ2n) is 8.24. The molecule has 0 radical (unpaired) electrons. The van der Waals surface area contributed by atoms with E-state index in [0.717, 1.165) is 29.7 Å². The third kappa shape index (κ3) is 4.98. The molecule has 1 aromatic rings. The Morgan fingerprint density at radius 3 is 2.04 bits per heavy atom. The fourth-order valence-corrected chi connectivity index (χ4v) is 5.17. The van der Waals surface area contributed by atoms with E-state index in [4.69, 9.17) is 10.5 Å². The van der Waals surface area contributed by atoms with Gasteiger partial charge in [-0.15, -0.1) is 0 Å². The van der Waals surface area contributed by atoms with Crippen LogP contribution in [0.3, 0.4) is 0 Å². The molecule has 0 spiro atoms. The number of hydrogen-bond acceptors (Lipinski definition) is 2. The summed E-state index contributed by atoms with van der Waals surface area (Å²) in [5, 5.41) is 17.5. The molecule has 0 aliphatic heterocycles. The zero-order chi connectivity index (χ0) is 18.2. The van der Waals surface area contributed by atoms with Crippen LogP contribution in [0.15, 0.2) is 36.4 Å². The first-order chi connectivity index (χ1) is 12.8. The molecular formula is C24H30N2. The molecule has 0 amide bonds. The number of benzene rings is 1. The minimum atomic E-state index is 0.697. The Balaban J connectivity index is 1.41. The van der Waals surface area contributed by atoms with Gasteiger partial charge < -0.3 is 0 Å². The number of nitriles is 2. The smallest absolute Gasteiger partial charge is 0.0991 e. The molecule has 136 valence electrons. The van der Waals surface area contributed by atoms with E-state index >= 15 is 0 Å². The summed E-state index contributed by atoms with van der Waals surface area (Å²) in [6.07, 6.45) is 17.0. The van der Waals surface area contributed by atoms with Gasteiger partial charge in [0.1, 0.15) is 0 Å². The summed E-state index contributed by atoms with van der Waals surface area (Å²) >= 11 is 0. The molecule has 0 N–H and O–H groups in total. The number of allylic oxidation sites excluding steroid dienone is 2. The topological polar surface area (TPSA) is 47.6 Å². The summed E-state index contributed by atoms with van der Waals surface area (Å²) in [4.78, 5) is 0. The van der Waals surface area contributed by atoms with Crippen molar-refractivity contribution < 1.29 is 0 Å². The Morgan fingerprint density at radius 2 is 1.46 bits per heavy atom. The lowest BCUT2D eigenvalue weighted by Gasteiger charge is -2.38. The summed E-state index contributed by atoms with van der Waals surface area (Å²) < 4.78 is 0. The van der Waals surface area contributed by atoms with Crippen LogP contribution in [0.1, 0.15) is 81.3 Å². The summed E-state index contributed by atoms with van der Waals surface area (Å²) in [5.74, 6) is 3.46. The summed E-state index contributed by atoms with van der Waals surface area (Å²) in [5.41, 5.74) is 2.19. The van der Waals surface area contributed by atoms with Gasteiger partial charge in [0.05, 0.1) is 17.7 Å². The molecule has 1 aromatic carbocycles. The van der Waals surface area contributed by atoms with Gasteiger partial charge >= 0.3 is 0 Å². The van der Waals surface area contributed by atoms with Gasteiger partial charge in [0.15, 0.2) is 0 Å². The van der Waals surface area contributed by atoms with E-state index in [1.165, 1.54) is 63.4 Å². The number of rotatable bonds is 5. The second-order valence-corrected chi connectivity index (χ2v) is 8.24. The van der Waals surface area contributed by atoms with Crippen LogP contribution >= 0.6 is 0 Å². The maximum Gasteiger partial charge on any atom is 0.0991 e. The number of nitrogens with zero attached hydrogens (tertiary/aromatic N) is 2. The van der Waals surface area contributed by atoms with Gasteiger partial charge in [0.2, 0.25) is 0 Å². The van der Waals surface area contributed by atoms with E-state index in [1.807, 2.05) is 18.2 Å². The molecule has 0 heterocycles. The van der Waals surface area contributed by atoms with Gasteiger partial charge in [-0.05, 0) is 92.7 Å². The van der Waals surface area contributed by atoms with E-state index in [1.54, 1.807) is 6.08 Å². The van der Waals surface area contributed by atoms with Crippen LogP contribution in [-0.2, 0) is 0 Å². The Morgan fingerprint density at radius 1 is 0.846 bits per heavy atom. The maximum atomic E-state index is 8.94. The van der Waals surface area contributed by atoms with Gasteiger partial charge in [-0.2, -0.15) is 10.5 Å². The Kier molecular flexibility index (Phi) is 6.90. The minimum absolute atomic E-state index is 0.697. The quantitative estimate of drug-likeness (QED) is 0.571. The van der Waals surface area contributed by atoms with E-state index in [-0.39, 0.29) is 0 Å². The third-order valence-electron chi connectivity index (χ3n) is 6.78. The van der Waals surface area contributed by atoms with Crippen molar-refractivity contribution in [1.29, 1.82) is 10.5 Å². The molecule has 2 saturated carbocycles. The lowest BCUT2D eigenvalue weighted by atomic mass is 9.68. The van der Waals surface area contributed by atoms with Crippen molar-refractivity contribution in [2.75, 3.05) is 0 Å². The van der Waals surface area contributed by atoms with Crippen molar-refractivity contribution in [3.8, 4) is 12.1 Å². The highest BCUT2D eigenvalue weighted by atomic mass is 14.4. The van der Waals surface area contributed by atoms with Crippen LogP contribution in [0.25, 0.3) is 0 Å². The predicted octanol–water partition coefficient (Wildman–Crippen LogP) is 6.50. The Labute approximate surface area is 158 Å². The largest absolute Gasteiger partial charge is 0.193 e. The lowest BCUT2D eigenvalue weighted by Crippen LogP contribution is -2.25. The number of hydrogen-bond donors (Lipinski definition) is 0. The van der Waals surface area contributed by atoms with Crippen LogP contribution < -0.4 is 0 Å². The zero-order valence-electron chi connectivity index (χ0n) is 15.7. The van der Waals surface area contributed by atoms with Crippen LogP contribution in [0.4, 0.5) is 0 Å². The maximum absolute atomic E-state index is 8.94. The van der Waals surface area contributed by atoms with Crippen molar-refractivity contribution in [2.24, 2.45) is 17.8 Å². The first-order valence-corrected chi connectivity index (χ1v) is 10.3. The van der Waals surface area contributed by atoms with Gasteiger partial charge in [-0.25, -0.2) is 0 Å². The first kappa shape index (κ1) is 18.7. The minimum Gasteiger partial charge on any atom is -0.193 e. The molecule has 0 aromatic heterocycles. The molecular weight excluding hydrogens is 316 g/mol. The normalized spacial score (nSPS) is 29.2. The van der Waals surface area contributed by atoms with Crippen molar-refractivity contribution >= 4 is 0 Å². The average Bonchev–Trinajstić information content (AvgIpc) is 2.72. The fraction of sp³-hybridized carbons (Fsp3) is 0.583. The Bertz CT molecular complexity index is 658. The highest BCUT2D eigenvalue weighted by Gasteiger charge is 2.31. The molecule has 2 aliphatic carbocycles. The van der Waals surface area contributed by atoms with Crippen molar-refractivity contribution in [3.05, 3.63) is 47.5 Å². The SMILES string of the molecule is N#C/C=C/CCC1CCC(C2CCC(c3ccc(C#N)cc3)CC2)CC1. The zero-order valence-corrected chi connectivity index (χ0v) is 15.7. The molecule has 2 fully saturated rings. The summed E-state index contributed by atoms with van der Waals surface area (Å²) in [7, 11) is 0. The van der Waals surface area contributed by atoms with E-state index < -0.39 is 0 Å². The van der Waals surface area contributed by atoms with Crippen LogP contribution in [0.2, 0.25) is 0 Å². The van der Waals surface area contributed by atoms with E-state index in [2.05, 4.69) is 24.3 Å². The Hall–Kier alpha value is -2.06. The second kappa shape index (κ2) is 9.59. The van der Waals surface area contributed by atoms with Crippen LogP contribution in [0, 0.1) is 40.4 Å². The lowest BCUT2D eigenvalue weighted by molar-refractivity contribution is 0.157. The van der Waals surface area contributed by atoms with Crippen molar-refractivity contribution in [3.63, 3.8) is 0 Å². The van der Waals surface area contributed by atoms with E-state index in [0.29, 0.717) is 5.92 Å². The van der Waals surface area contributed by atoms with Crippen molar-refractivity contribution in [1.82, 2.24) is 0 Å². The molecule has 2 aliphatic rings. The van der Waals surface area contributed by atoms with E-state index in [9.17, 15) is 0 Å². The van der Waals surface area contributed by atoms with Gasteiger partial charge in [0, 0.05) is 6.08 Å². The molecule has 2 nitrogen and oxygen atoms in total. The third-order valence-corrected chi connectivity index (χ3v) is 6.78. The van der Waals surface area contributed by atoms with Gasteiger partial charge in [-0.1, -0.05) is 31.1 Å². The highest BCUT2D eigenvalue weighted by Crippen LogP contribution is 2.44. The molecule has 0 bridgehead atoms. The first-order valence-electron chi connectivity index (χ1n) is 10.3. The van der Waals surface area contributed by atoms with Crippen LogP contribution in [0.5, 0.6) is 0 Å². The standard InChI is InChI=1S/C24H30N2/c25-17-3-1-2-4-19-5-9-21(10-6-19)23-13-15-24(16-14-23)22-11-7-20(18-26)8-12-22/h1,3,7-8,11-12,19,21,23-24H,2,4-6,9-10,13-16H2/b3-1+. The van der Waals surface area contributed by atoms with Gasteiger partial charge in [-0.3, -0.25) is 0 Å². The monoisotopic (exact) mass is 346 g/mol. The molecule has 0 atom stereocenters. The van der Waals surface area contributed by atoms with Crippen LogP contribution in [-0.4, -0.2) is 0 Å². The van der Waals surface area contributed by atoms with Crippen molar-refractivity contribution in [2.45, 2.75) is 70.1 Å². The summed E-state index contributed by atoms with van der Waals surface area (Å²) in [6.45, 7) is 0. The molecule has 0 saturated heterocycles. The highest BCUT2D eigenvalue weighted by molar-refractivity contribution is 5.33. The molecule has 0 unspecified atom stereocenters. The fourth-order valence-electron chi connectivity index (χ4n) is 5.17. The predicted molar refractivity (Wildman–Crippen MR) is 105 cm³/mol.